The number of aryl methyl sites for hydroxylation is 1. The number of ether oxygens (including phenoxy) is 1. The summed E-state index contributed by atoms with van der Waals surface area (Å²) in [5, 5.41) is 13.2. The lowest BCUT2D eigenvalue weighted by Gasteiger charge is -2.46. The number of piperidine rings is 2. The molecule has 178 valence electrons. The van der Waals surface area contributed by atoms with E-state index >= 15 is 0 Å². The van der Waals surface area contributed by atoms with Crippen LogP contribution in [0, 0.1) is 12.8 Å². The van der Waals surface area contributed by atoms with Gasteiger partial charge in [-0.3, -0.25) is 9.69 Å². The maximum absolute atomic E-state index is 13.4. The first-order chi connectivity index (χ1) is 15.9. The van der Waals surface area contributed by atoms with Crippen LogP contribution < -0.4 is 30.9 Å². The number of thioether (sulfide) groups is 1. The third-order valence-electron chi connectivity index (χ3n) is 6.65. The van der Waals surface area contributed by atoms with Crippen LogP contribution in [-0.2, 0) is 4.79 Å². The summed E-state index contributed by atoms with van der Waals surface area (Å²) >= 11 is 1.54. The second-order valence-corrected chi connectivity index (χ2v) is 10.6. The number of amides is 3. The van der Waals surface area contributed by atoms with E-state index in [1.54, 1.807) is 6.20 Å². The lowest BCUT2D eigenvalue weighted by atomic mass is 9.86. The zero-order valence-corrected chi connectivity index (χ0v) is 20.1. The van der Waals surface area contributed by atoms with Crippen molar-refractivity contribution in [3.63, 3.8) is 0 Å². The lowest BCUT2D eigenvalue weighted by Crippen LogP contribution is -2.62. The molecule has 4 N–H and O–H groups in total. The minimum atomic E-state index is -0.207. The van der Waals surface area contributed by atoms with E-state index < -0.39 is 0 Å². The number of pyridine rings is 1. The van der Waals surface area contributed by atoms with Crippen LogP contribution in [0.5, 0.6) is 5.88 Å². The molecule has 0 saturated carbocycles. The fourth-order valence-electron chi connectivity index (χ4n) is 5.21. The highest BCUT2D eigenvalue weighted by Gasteiger charge is 2.52. The standard InChI is InChI=1S/C23H32N6O3S/c1-12(2)32-17-9-13(3)16(11-26-17)29-15-6-8-25-22-18(15)19(28-23(29)31)20(33-22)21(30)27-14-5-4-7-24-10-14/h9,11-12,14-15,18,22,24-25H,4-8,10H2,1-3H3,(H,27,30)(H,28,31)/t14-,15?,18?,22?/m1/s1. The second kappa shape index (κ2) is 9.15. The summed E-state index contributed by atoms with van der Waals surface area (Å²) in [7, 11) is 0. The van der Waals surface area contributed by atoms with Crippen LogP contribution in [0.3, 0.4) is 0 Å². The number of nitrogens with one attached hydrogen (secondary N) is 4. The number of nitrogens with zero attached hydrogens (tertiary/aromatic N) is 2. The topological polar surface area (TPSA) is 108 Å². The molecular weight excluding hydrogens is 440 g/mol. The highest BCUT2D eigenvalue weighted by atomic mass is 32.2. The molecule has 3 fully saturated rings. The van der Waals surface area contributed by atoms with Crippen molar-refractivity contribution in [3.05, 3.63) is 28.4 Å². The number of anilines is 1. The van der Waals surface area contributed by atoms with Gasteiger partial charge in [-0.05, 0) is 58.7 Å². The van der Waals surface area contributed by atoms with Crippen molar-refractivity contribution in [2.24, 2.45) is 5.92 Å². The Bertz CT molecular complexity index is 977. The molecule has 3 saturated heterocycles. The highest BCUT2D eigenvalue weighted by molar-refractivity contribution is 8.04. The molecular formula is C23H32N6O3S. The van der Waals surface area contributed by atoms with E-state index in [4.69, 9.17) is 4.74 Å². The predicted molar refractivity (Wildman–Crippen MR) is 128 cm³/mol. The first-order valence-electron chi connectivity index (χ1n) is 11.8. The summed E-state index contributed by atoms with van der Waals surface area (Å²) in [5.74, 6) is 0.498. The predicted octanol–water partition coefficient (Wildman–Crippen LogP) is 1.84. The third-order valence-corrected chi connectivity index (χ3v) is 8.01. The van der Waals surface area contributed by atoms with Crippen LogP contribution in [-0.4, -0.2) is 60.1 Å². The monoisotopic (exact) mass is 472 g/mol. The van der Waals surface area contributed by atoms with Gasteiger partial charge in [0.2, 0.25) is 5.88 Å². The zero-order valence-electron chi connectivity index (χ0n) is 19.3. The molecule has 1 aromatic heterocycles. The van der Waals surface area contributed by atoms with Gasteiger partial charge in [0, 0.05) is 30.3 Å². The number of hydrogen-bond donors (Lipinski definition) is 4. The molecule has 0 radical (unpaired) electrons. The molecule has 0 spiro atoms. The smallest absolute Gasteiger partial charge is 0.326 e. The van der Waals surface area contributed by atoms with Crippen LogP contribution >= 0.6 is 11.8 Å². The van der Waals surface area contributed by atoms with Crippen LogP contribution in [0.4, 0.5) is 10.5 Å². The van der Waals surface area contributed by atoms with Gasteiger partial charge in [0.25, 0.3) is 5.91 Å². The summed E-state index contributed by atoms with van der Waals surface area (Å²) in [6, 6.07) is 1.77. The van der Waals surface area contributed by atoms with Gasteiger partial charge in [-0.1, -0.05) is 11.8 Å². The van der Waals surface area contributed by atoms with E-state index in [2.05, 4.69) is 26.3 Å². The Labute approximate surface area is 198 Å². The van der Waals surface area contributed by atoms with Gasteiger partial charge in [0.15, 0.2) is 0 Å². The number of aromatic nitrogens is 1. The van der Waals surface area contributed by atoms with Crippen LogP contribution in [0.1, 0.15) is 38.7 Å². The Morgan fingerprint density at radius 2 is 2.18 bits per heavy atom. The molecule has 0 aliphatic carbocycles. The molecule has 10 heteroatoms. The van der Waals surface area contributed by atoms with Gasteiger partial charge >= 0.3 is 6.03 Å². The van der Waals surface area contributed by atoms with Crippen LogP contribution in [0.2, 0.25) is 0 Å². The Hall–Kier alpha value is -2.30. The maximum atomic E-state index is 13.4. The minimum Gasteiger partial charge on any atom is -0.475 e. The lowest BCUT2D eigenvalue weighted by molar-refractivity contribution is -0.117. The number of carbonyl (C=O) groups excluding carboxylic acids is 2. The largest absolute Gasteiger partial charge is 0.475 e. The number of carbonyl (C=O) groups is 2. The summed E-state index contributed by atoms with van der Waals surface area (Å²) in [4.78, 5) is 33.4. The van der Waals surface area contributed by atoms with E-state index in [-0.39, 0.29) is 41.4 Å². The van der Waals surface area contributed by atoms with E-state index in [0.29, 0.717) is 10.8 Å². The molecule has 4 aliphatic rings. The van der Waals surface area contributed by atoms with Crippen LogP contribution in [0.25, 0.3) is 0 Å². The average molecular weight is 473 g/mol. The van der Waals surface area contributed by atoms with E-state index in [1.165, 1.54) is 11.8 Å². The molecule has 9 nitrogen and oxygen atoms in total. The fourth-order valence-corrected chi connectivity index (χ4v) is 6.61. The van der Waals surface area contributed by atoms with Gasteiger partial charge in [0.05, 0.1) is 34.3 Å². The zero-order chi connectivity index (χ0) is 23.1. The quantitative estimate of drug-likeness (QED) is 0.518. The number of hydrogen-bond acceptors (Lipinski definition) is 7. The van der Waals surface area contributed by atoms with Gasteiger partial charge < -0.3 is 26.0 Å². The van der Waals surface area contributed by atoms with Crippen molar-refractivity contribution in [3.8, 4) is 5.88 Å². The molecule has 5 heterocycles. The van der Waals surface area contributed by atoms with E-state index in [9.17, 15) is 9.59 Å². The molecule has 4 atom stereocenters. The maximum Gasteiger partial charge on any atom is 0.326 e. The van der Waals surface area contributed by atoms with Crippen LogP contribution in [0.15, 0.2) is 22.9 Å². The van der Waals surface area contributed by atoms with Crippen molar-refractivity contribution < 1.29 is 14.3 Å². The molecule has 0 bridgehead atoms. The van der Waals surface area contributed by atoms with Crippen molar-refractivity contribution in [1.82, 2.24) is 26.3 Å². The summed E-state index contributed by atoms with van der Waals surface area (Å²) < 4.78 is 5.72. The van der Waals surface area contributed by atoms with Crippen molar-refractivity contribution in [1.29, 1.82) is 0 Å². The van der Waals surface area contributed by atoms with Crippen molar-refractivity contribution >= 4 is 29.4 Å². The Balaban J connectivity index is 1.41. The SMILES string of the molecule is Cc1cc(OC(C)C)ncc1N1C(=O)NC2=C(C(=O)N[C@@H]3CCCNC3)SC3NCCC1C23. The van der Waals surface area contributed by atoms with E-state index in [0.717, 1.165) is 55.8 Å². The van der Waals surface area contributed by atoms with Gasteiger partial charge in [-0.2, -0.15) is 0 Å². The number of urea groups is 1. The van der Waals surface area contributed by atoms with E-state index in [1.807, 2.05) is 31.7 Å². The summed E-state index contributed by atoms with van der Waals surface area (Å²) in [6.45, 7) is 8.47. The molecule has 33 heavy (non-hydrogen) atoms. The second-order valence-electron chi connectivity index (χ2n) is 9.41. The molecule has 1 aromatic rings. The summed E-state index contributed by atoms with van der Waals surface area (Å²) in [6.07, 6.45) is 4.60. The Morgan fingerprint density at radius 1 is 1.33 bits per heavy atom. The van der Waals surface area contributed by atoms with Crippen molar-refractivity contribution in [2.45, 2.75) is 63.6 Å². The highest BCUT2D eigenvalue weighted by Crippen LogP contribution is 2.48. The Morgan fingerprint density at radius 3 is 2.91 bits per heavy atom. The first-order valence-corrected chi connectivity index (χ1v) is 12.7. The molecule has 3 unspecified atom stereocenters. The molecule has 4 aliphatic heterocycles. The first kappa shape index (κ1) is 22.5. The molecule has 0 aromatic carbocycles. The summed E-state index contributed by atoms with van der Waals surface area (Å²) in [5.41, 5.74) is 2.48. The van der Waals surface area contributed by atoms with Gasteiger partial charge in [0.1, 0.15) is 0 Å². The van der Waals surface area contributed by atoms with Gasteiger partial charge in [-0.15, -0.1) is 0 Å². The van der Waals surface area contributed by atoms with Crippen molar-refractivity contribution in [2.75, 3.05) is 24.5 Å². The molecule has 5 rings (SSSR count). The number of rotatable bonds is 5. The Kier molecular flexibility index (Phi) is 6.24. The average Bonchev–Trinajstić information content (AvgIpc) is 3.15. The normalized spacial score (nSPS) is 29.1. The minimum absolute atomic E-state index is 0.0256. The van der Waals surface area contributed by atoms with Gasteiger partial charge in [-0.25, -0.2) is 9.78 Å². The fraction of sp³-hybridized carbons (Fsp3) is 0.609. The molecule has 3 amide bonds. The third kappa shape index (κ3) is 4.31.